The molecule has 1 aliphatic rings. The maximum absolute atomic E-state index is 10.9. The molecule has 0 radical (unpaired) electrons. The minimum absolute atomic E-state index is 0.338. The van der Waals surface area contributed by atoms with Crippen LogP contribution in [0.25, 0.3) is 22.4 Å². The minimum atomic E-state index is -2.73. The first-order chi connectivity index (χ1) is 18.6. The maximum Gasteiger partial charge on any atom is 0.254 e. The fourth-order valence-electron chi connectivity index (χ4n) is 4.61. The topological polar surface area (TPSA) is 115 Å². The van der Waals surface area contributed by atoms with Crippen molar-refractivity contribution in [1.29, 1.82) is 0 Å². The SMILES string of the molecule is Cc1cc2c(CNN[SH](=O)=O)cccc2n1-c1nc(NCc2ccccc2)c2ccc(OCC3CC3)n2n1. The number of aromatic nitrogens is 4. The van der Waals surface area contributed by atoms with Gasteiger partial charge >= 0.3 is 0 Å². The number of rotatable bonds is 11. The fourth-order valence-corrected chi connectivity index (χ4v) is 4.82. The molecule has 0 bridgehead atoms. The van der Waals surface area contributed by atoms with E-state index in [4.69, 9.17) is 14.8 Å². The van der Waals surface area contributed by atoms with Gasteiger partial charge < -0.3 is 10.1 Å². The first kappa shape index (κ1) is 24.4. The monoisotopic (exact) mass is 531 g/mol. The second-order valence-corrected chi connectivity index (χ2v) is 10.3. The Morgan fingerprint density at radius 1 is 1.00 bits per heavy atom. The summed E-state index contributed by atoms with van der Waals surface area (Å²) in [6.07, 6.45) is 2.42. The predicted octanol–water partition coefficient (Wildman–Crippen LogP) is 3.50. The molecule has 5 aromatic rings. The normalized spacial score (nSPS) is 13.5. The largest absolute Gasteiger partial charge is 0.477 e. The number of thiol groups is 1. The summed E-state index contributed by atoms with van der Waals surface area (Å²) in [6.45, 7) is 3.65. The zero-order chi connectivity index (χ0) is 26.1. The summed E-state index contributed by atoms with van der Waals surface area (Å²) in [5.74, 6) is 2.53. The Morgan fingerprint density at radius 3 is 2.63 bits per heavy atom. The predicted molar refractivity (Wildman–Crippen MR) is 147 cm³/mol. The molecule has 6 rings (SSSR count). The van der Waals surface area contributed by atoms with Crippen molar-refractivity contribution in [2.45, 2.75) is 32.9 Å². The van der Waals surface area contributed by atoms with Gasteiger partial charge in [0.1, 0.15) is 5.52 Å². The van der Waals surface area contributed by atoms with Gasteiger partial charge in [-0.15, -0.1) is 5.10 Å². The van der Waals surface area contributed by atoms with Gasteiger partial charge in [0.15, 0.2) is 5.82 Å². The maximum atomic E-state index is 10.9. The number of anilines is 1. The molecule has 1 fully saturated rings. The molecule has 3 aromatic heterocycles. The summed E-state index contributed by atoms with van der Waals surface area (Å²) in [7, 11) is -2.73. The summed E-state index contributed by atoms with van der Waals surface area (Å²) in [5.41, 5.74) is 7.56. The van der Waals surface area contributed by atoms with Crippen molar-refractivity contribution in [3.8, 4) is 11.8 Å². The number of nitrogens with one attached hydrogen (secondary N) is 3. The van der Waals surface area contributed by atoms with E-state index in [1.807, 2.05) is 64.5 Å². The zero-order valence-corrected chi connectivity index (χ0v) is 21.8. The van der Waals surface area contributed by atoms with Gasteiger partial charge in [0.25, 0.3) is 5.95 Å². The summed E-state index contributed by atoms with van der Waals surface area (Å²) in [4.78, 5) is 7.20. The second-order valence-electron chi connectivity index (χ2n) is 9.52. The van der Waals surface area contributed by atoms with Gasteiger partial charge in [-0.2, -0.15) is 14.3 Å². The van der Waals surface area contributed by atoms with Gasteiger partial charge in [-0.25, -0.2) is 13.8 Å². The number of hydrogen-bond donors (Lipinski definition) is 4. The lowest BCUT2D eigenvalue weighted by Crippen LogP contribution is -2.29. The number of benzene rings is 2. The van der Waals surface area contributed by atoms with Crippen LogP contribution in [0.3, 0.4) is 0 Å². The van der Waals surface area contributed by atoms with E-state index in [2.05, 4.69) is 33.8 Å². The van der Waals surface area contributed by atoms with Gasteiger partial charge in [0, 0.05) is 30.2 Å². The van der Waals surface area contributed by atoms with Crippen molar-refractivity contribution in [1.82, 2.24) is 29.4 Å². The van der Waals surface area contributed by atoms with Crippen molar-refractivity contribution in [3.63, 3.8) is 0 Å². The second kappa shape index (κ2) is 10.4. The van der Waals surface area contributed by atoms with Crippen molar-refractivity contribution >= 4 is 33.1 Å². The highest BCUT2D eigenvalue weighted by molar-refractivity contribution is 7.70. The van der Waals surface area contributed by atoms with E-state index in [0.29, 0.717) is 43.3 Å². The van der Waals surface area contributed by atoms with Crippen LogP contribution in [0.15, 0.2) is 66.7 Å². The van der Waals surface area contributed by atoms with E-state index < -0.39 is 10.9 Å². The van der Waals surface area contributed by atoms with E-state index in [1.54, 1.807) is 0 Å². The van der Waals surface area contributed by atoms with Crippen LogP contribution in [-0.4, -0.2) is 34.2 Å². The standard InChI is InChI=1S/C27H29N7O3S/c1-18-14-22-21(16-29-32-38(35)36)8-5-9-23(22)33(18)27-30-26(28-15-19-6-3-2-4-7-19)24-12-13-25(34(24)31-27)37-17-20-10-11-20/h2-9,12-14,20,29,38H,10-11,15-17H2,1H3,(H,28,30,31)(H,32,35,36). The average Bonchev–Trinajstić information content (AvgIpc) is 3.56. The molecule has 0 saturated heterocycles. The number of ether oxygens (including phenoxy) is 1. The molecule has 1 saturated carbocycles. The van der Waals surface area contributed by atoms with Crippen LogP contribution in [0.1, 0.15) is 29.7 Å². The zero-order valence-electron chi connectivity index (χ0n) is 20.9. The third-order valence-corrected chi connectivity index (χ3v) is 7.04. The van der Waals surface area contributed by atoms with Gasteiger partial charge in [-0.1, -0.05) is 42.5 Å². The molecular weight excluding hydrogens is 502 g/mol. The minimum Gasteiger partial charge on any atom is -0.477 e. The number of nitrogens with zero attached hydrogens (tertiary/aromatic N) is 4. The number of hydrazine groups is 1. The number of aryl methyl sites for hydroxylation is 1. The van der Waals surface area contributed by atoms with Crippen molar-refractivity contribution in [2.24, 2.45) is 5.92 Å². The summed E-state index contributed by atoms with van der Waals surface area (Å²) < 4.78 is 31.8. The van der Waals surface area contributed by atoms with Crippen LogP contribution in [-0.2, 0) is 24.0 Å². The summed E-state index contributed by atoms with van der Waals surface area (Å²) in [5, 5.41) is 9.40. The Hall–Kier alpha value is -3.93. The lowest BCUT2D eigenvalue weighted by molar-refractivity contribution is 0.282. The van der Waals surface area contributed by atoms with E-state index in [0.717, 1.165) is 33.2 Å². The Bertz CT molecular complexity index is 1660. The molecule has 1 aliphatic carbocycles. The van der Waals surface area contributed by atoms with Gasteiger partial charge in [-0.05, 0) is 55.0 Å². The fraction of sp³-hybridized carbons (Fsp3) is 0.259. The Kier molecular flexibility index (Phi) is 6.71. The van der Waals surface area contributed by atoms with Gasteiger partial charge in [0.05, 0.1) is 12.1 Å². The molecule has 11 heteroatoms. The van der Waals surface area contributed by atoms with Crippen LogP contribution in [0.4, 0.5) is 5.82 Å². The number of fused-ring (bicyclic) bond motifs is 2. The molecule has 0 amide bonds. The quantitative estimate of drug-likeness (QED) is 0.152. The third-order valence-electron chi connectivity index (χ3n) is 6.70. The van der Waals surface area contributed by atoms with Crippen LogP contribution in [0.2, 0.25) is 0 Å². The van der Waals surface area contributed by atoms with Crippen LogP contribution in [0, 0.1) is 12.8 Å². The molecule has 38 heavy (non-hydrogen) atoms. The molecule has 0 atom stereocenters. The summed E-state index contributed by atoms with van der Waals surface area (Å²) in [6, 6.07) is 22.1. The highest BCUT2D eigenvalue weighted by Gasteiger charge is 2.23. The van der Waals surface area contributed by atoms with Crippen LogP contribution >= 0.6 is 0 Å². The molecule has 0 aliphatic heterocycles. The average molecular weight is 532 g/mol. The van der Waals surface area contributed by atoms with E-state index in [-0.39, 0.29) is 0 Å². The lowest BCUT2D eigenvalue weighted by atomic mass is 10.1. The summed E-state index contributed by atoms with van der Waals surface area (Å²) >= 11 is 0. The molecule has 3 heterocycles. The molecule has 0 spiro atoms. The lowest BCUT2D eigenvalue weighted by Gasteiger charge is -2.14. The smallest absolute Gasteiger partial charge is 0.254 e. The Labute approximate surface area is 221 Å². The van der Waals surface area contributed by atoms with E-state index >= 15 is 0 Å². The first-order valence-corrected chi connectivity index (χ1v) is 13.8. The van der Waals surface area contributed by atoms with E-state index in [1.165, 1.54) is 12.8 Å². The highest BCUT2D eigenvalue weighted by Crippen LogP contribution is 2.31. The number of hydrogen-bond acceptors (Lipinski definition) is 7. The molecule has 10 nitrogen and oxygen atoms in total. The van der Waals surface area contributed by atoms with Crippen LogP contribution < -0.4 is 20.3 Å². The van der Waals surface area contributed by atoms with E-state index in [9.17, 15) is 8.42 Å². The third kappa shape index (κ3) is 5.08. The molecule has 196 valence electrons. The first-order valence-electron chi connectivity index (χ1n) is 12.6. The highest BCUT2D eigenvalue weighted by atomic mass is 32.2. The van der Waals surface area contributed by atoms with Gasteiger partial charge in [-0.3, -0.25) is 4.57 Å². The van der Waals surface area contributed by atoms with Gasteiger partial charge in [0.2, 0.25) is 16.8 Å². The molecular formula is C27H29N7O3S. The van der Waals surface area contributed by atoms with Crippen LogP contribution in [0.5, 0.6) is 5.88 Å². The van der Waals surface area contributed by atoms with Crippen molar-refractivity contribution < 1.29 is 13.2 Å². The molecule has 2 aromatic carbocycles. The van der Waals surface area contributed by atoms with Crippen molar-refractivity contribution in [3.05, 3.63) is 83.6 Å². The molecule has 0 unspecified atom stereocenters. The van der Waals surface area contributed by atoms with Crippen molar-refractivity contribution in [2.75, 3.05) is 11.9 Å². The Balaban J connectivity index is 1.42. The Morgan fingerprint density at radius 2 is 1.84 bits per heavy atom. The molecule has 3 N–H and O–H groups in total.